The van der Waals surface area contributed by atoms with Crippen LogP contribution in [0.2, 0.25) is 0 Å². The Morgan fingerprint density at radius 2 is 1.84 bits per heavy atom. The van der Waals surface area contributed by atoms with E-state index in [0.717, 1.165) is 28.1 Å². The van der Waals surface area contributed by atoms with Crippen LogP contribution in [0.25, 0.3) is 17.0 Å². The number of nitrogens with zero attached hydrogens (tertiary/aromatic N) is 1. The Balaban J connectivity index is 1.63. The number of hydrogen-bond acceptors (Lipinski definition) is 5. The number of rotatable bonds is 6. The molecule has 6 nitrogen and oxygen atoms in total. The van der Waals surface area contributed by atoms with Gasteiger partial charge in [-0.1, -0.05) is 72.3 Å². The van der Waals surface area contributed by atoms with Gasteiger partial charge in [-0.2, -0.15) is 0 Å². The Bertz CT molecular complexity index is 1140. The first kappa shape index (κ1) is 20.4. The standard InChI is InChI=1S/C25H24N4O2/c1-17-11-13-19(14-12-17)22-23(20-10-6-3-7-15-27-20)29-24(28-22)21(26)25(30)31-16-18-8-4-2-5-9-18/h2-15,21,27H,16,26H2,1H3,(H,28,29). The molecule has 0 saturated carbocycles. The van der Waals surface area contributed by atoms with Crippen LogP contribution < -0.4 is 11.1 Å². The van der Waals surface area contributed by atoms with E-state index in [9.17, 15) is 4.79 Å². The van der Waals surface area contributed by atoms with E-state index in [0.29, 0.717) is 11.5 Å². The fourth-order valence-corrected chi connectivity index (χ4v) is 3.20. The number of benzene rings is 2. The number of nitrogens with one attached hydrogen (secondary N) is 2. The third kappa shape index (κ3) is 4.82. The van der Waals surface area contributed by atoms with Gasteiger partial charge in [0.2, 0.25) is 0 Å². The molecule has 2 aromatic carbocycles. The van der Waals surface area contributed by atoms with Gasteiger partial charge in [0.25, 0.3) is 0 Å². The van der Waals surface area contributed by atoms with Crippen molar-refractivity contribution in [1.29, 1.82) is 0 Å². The van der Waals surface area contributed by atoms with Crippen LogP contribution in [0.15, 0.2) is 85.1 Å². The SMILES string of the molecule is Cc1ccc(-c2nc(C(N)C(=O)OCc3ccccc3)[nH]c2C2=CC=CC=CN2)cc1. The molecule has 1 atom stereocenters. The molecule has 3 aromatic rings. The van der Waals surface area contributed by atoms with Crippen LogP contribution in [0.5, 0.6) is 0 Å². The number of imidazole rings is 1. The molecule has 0 radical (unpaired) electrons. The Morgan fingerprint density at radius 3 is 2.61 bits per heavy atom. The smallest absolute Gasteiger partial charge is 0.331 e. The zero-order chi connectivity index (χ0) is 21.6. The molecule has 1 aliphatic heterocycles. The number of nitrogens with two attached hydrogens (primary N) is 1. The fourth-order valence-electron chi connectivity index (χ4n) is 3.20. The number of allylic oxidation sites excluding steroid dienone is 4. The van der Waals surface area contributed by atoms with Gasteiger partial charge in [0.15, 0.2) is 6.04 Å². The van der Waals surface area contributed by atoms with Gasteiger partial charge >= 0.3 is 5.97 Å². The normalized spacial score (nSPS) is 13.8. The lowest BCUT2D eigenvalue weighted by atomic mass is 10.1. The number of aromatic nitrogens is 2. The second kappa shape index (κ2) is 9.28. The highest BCUT2D eigenvalue weighted by Crippen LogP contribution is 2.28. The third-order valence-corrected chi connectivity index (χ3v) is 4.91. The lowest BCUT2D eigenvalue weighted by Crippen LogP contribution is -2.25. The molecule has 4 N–H and O–H groups in total. The summed E-state index contributed by atoms with van der Waals surface area (Å²) in [5.41, 5.74) is 11.5. The van der Waals surface area contributed by atoms with Gasteiger partial charge in [-0.15, -0.1) is 0 Å². The van der Waals surface area contributed by atoms with Gasteiger partial charge in [-0.05, 0) is 24.6 Å². The van der Waals surface area contributed by atoms with Crippen LogP contribution in [0.1, 0.15) is 28.7 Å². The first-order valence-electron chi connectivity index (χ1n) is 10.1. The van der Waals surface area contributed by atoms with Crippen molar-refractivity contribution in [1.82, 2.24) is 15.3 Å². The largest absolute Gasteiger partial charge is 0.459 e. The number of carbonyl (C=O) groups is 1. The highest BCUT2D eigenvalue weighted by molar-refractivity contribution is 5.80. The molecular weight excluding hydrogens is 388 g/mol. The average Bonchev–Trinajstić information content (AvgIpc) is 3.06. The minimum Gasteiger partial charge on any atom is -0.459 e. The molecule has 0 bridgehead atoms. The van der Waals surface area contributed by atoms with E-state index < -0.39 is 12.0 Å². The summed E-state index contributed by atoms with van der Waals surface area (Å²) >= 11 is 0. The molecule has 1 aliphatic rings. The van der Waals surface area contributed by atoms with Crippen molar-refractivity contribution in [3.63, 3.8) is 0 Å². The Labute approximate surface area is 181 Å². The van der Waals surface area contributed by atoms with Crippen LogP contribution in [-0.2, 0) is 16.1 Å². The maximum Gasteiger partial charge on any atom is 0.331 e. The molecule has 0 amide bonds. The summed E-state index contributed by atoms with van der Waals surface area (Å²) < 4.78 is 5.40. The van der Waals surface area contributed by atoms with Crippen molar-refractivity contribution in [2.24, 2.45) is 5.73 Å². The van der Waals surface area contributed by atoms with Crippen LogP contribution in [0, 0.1) is 6.92 Å². The summed E-state index contributed by atoms with van der Waals surface area (Å²) in [5, 5.41) is 3.24. The molecule has 31 heavy (non-hydrogen) atoms. The topological polar surface area (TPSA) is 93.0 Å². The van der Waals surface area contributed by atoms with Crippen LogP contribution in [-0.4, -0.2) is 15.9 Å². The predicted octanol–water partition coefficient (Wildman–Crippen LogP) is 4.14. The van der Waals surface area contributed by atoms with E-state index in [2.05, 4.69) is 15.3 Å². The number of hydrogen-bond donors (Lipinski definition) is 3. The number of ether oxygens (including phenoxy) is 1. The number of carbonyl (C=O) groups excluding carboxylic acids is 1. The van der Waals surface area contributed by atoms with E-state index in [1.165, 1.54) is 0 Å². The molecule has 1 aromatic heterocycles. The van der Waals surface area contributed by atoms with Crippen molar-refractivity contribution in [2.75, 3.05) is 0 Å². The monoisotopic (exact) mass is 412 g/mol. The van der Waals surface area contributed by atoms with Gasteiger partial charge in [0.1, 0.15) is 12.4 Å². The molecule has 6 heteroatoms. The van der Waals surface area contributed by atoms with Crippen molar-refractivity contribution in [3.05, 3.63) is 108 Å². The summed E-state index contributed by atoms with van der Waals surface area (Å²) in [5.74, 6) is -0.189. The maximum absolute atomic E-state index is 12.6. The second-order valence-electron chi connectivity index (χ2n) is 7.25. The quantitative estimate of drug-likeness (QED) is 0.529. The minimum absolute atomic E-state index is 0.161. The first-order chi connectivity index (χ1) is 15.1. The van der Waals surface area contributed by atoms with E-state index >= 15 is 0 Å². The minimum atomic E-state index is -1.03. The second-order valence-corrected chi connectivity index (χ2v) is 7.25. The van der Waals surface area contributed by atoms with Gasteiger partial charge in [0.05, 0.1) is 17.1 Å². The summed E-state index contributed by atoms with van der Waals surface area (Å²) in [6, 6.07) is 16.5. The molecule has 2 heterocycles. The van der Waals surface area contributed by atoms with Gasteiger partial charge in [-0.3, -0.25) is 0 Å². The number of aryl methyl sites for hydroxylation is 1. The zero-order valence-corrected chi connectivity index (χ0v) is 17.2. The molecule has 0 saturated heterocycles. The zero-order valence-electron chi connectivity index (χ0n) is 17.2. The summed E-state index contributed by atoms with van der Waals surface area (Å²) in [6.45, 7) is 2.19. The molecule has 0 spiro atoms. The summed E-state index contributed by atoms with van der Waals surface area (Å²) in [7, 11) is 0. The molecule has 0 aliphatic carbocycles. The summed E-state index contributed by atoms with van der Waals surface area (Å²) in [4.78, 5) is 20.5. The number of H-pyrrole nitrogens is 1. The molecule has 156 valence electrons. The predicted molar refractivity (Wildman–Crippen MR) is 121 cm³/mol. The van der Waals surface area contributed by atoms with Gasteiger partial charge in [-0.25, -0.2) is 9.78 Å². The third-order valence-electron chi connectivity index (χ3n) is 4.91. The first-order valence-corrected chi connectivity index (χ1v) is 10.1. The van der Waals surface area contributed by atoms with Gasteiger partial charge < -0.3 is 20.8 Å². The van der Waals surface area contributed by atoms with E-state index in [4.69, 9.17) is 10.5 Å². The lowest BCUT2D eigenvalue weighted by Gasteiger charge is -2.09. The molecule has 0 fully saturated rings. The Kier molecular flexibility index (Phi) is 6.10. The lowest BCUT2D eigenvalue weighted by molar-refractivity contribution is -0.146. The highest BCUT2D eigenvalue weighted by atomic mass is 16.5. The Morgan fingerprint density at radius 1 is 1.06 bits per heavy atom. The van der Waals surface area contributed by atoms with Gasteiger partial charge in [0, 0.05) is 11.8 Å². The maximum atomic E-state index is 12.6. The summed E-state index contributed by atoms with van der Waals surface area (Å²) in [6.07, 6.45) is 9.53. The average molecular weight is 412 g/mol. The highest BCUT2D eigenvalue weighted by Gasteiger charge is 2.25. The molecule has 1 unspecified atom stereocenters. The van der Waals surface area contributed by atoms with Crippen molar-refractivity contribution in [2.45, 2.75) is 19.6 Å². The number of aromatic amines is 1. The van der Waals surface area contributed by atoms with Crippen molar-refractivity contribution < 1.29 is 9.53 Å². The Hall–Kier alpha value is -3.90. The van der Waals surface area contributed by atoms with Crippen LogP contribution >= 0.6 is 0 Å². The van der Waals surface area contributed by atoms with E-state index in [1.807, 2.05) is 92.0 Å². The van der Waals surface area contributed by atoms with E-state index in [-0.39, 0.29) is 6.61 Å². The van der Waals surface area contributed by atoms with Crippen LogP contribution in [0.4, 0.5) is 0 Å². The van der Waals surface area contributed by atoms with Crippen molar-refractivity contribution >= 4 is 11.7 Å². The number of esters is 1. The molecule has 4 rings (SSSR count). The molecular formula is C25H24N4O2. The van der Waals surface area contributed by atoms with Crippen molar-refractivity contribution in [3.8, 4) is 11.3 Å². The van der Waals surface area contributed by atoms with E-state index in [1.54, 1.807) is 0 Å². The van der Waals surface area contributed by atoms with Crippen LogP contribution in [0.3, 0.4) is 0 Å². The fraction of sp³-hybridized carbons (Fsp3) is 0.120.